The minimum atomic E-state index is -0.144. The summed E-state index contributed by atoms with van der Waals surface area (Å²) < 4.78 is 6.24. The summed E-state index contributed by atoms with van der Waals surface area (Å²) in [5, 5.41) is 1.16. The van der Waals surface area contributed by atoms with Gasteiger partial charge in [0.2, 0.25) is 0 Å². The second kappa shape index (κ2) is 7.18. The van der Waals surface area contributed by atoms with Crippen molar-refractivity contribution in [3.05, 3.63) is 15.6 Å². The van der Waals surface area contributed by atoms with Crippen molar-refractivity contribution >= 4 is 11.3 Å². The third-order valence-electron chi connectivity index (χ3n) is 4.71. The molecule has 0 amide bonds. The lowest BCUT2D eigenvalue weighted by molar-refractivity contribution is -0.100. The van der Waals surface area contributed by atoms with Crippen molar-refractivity contribution in [2.75, 3.05) is 6.61 Å². The molecule has 0 aliphatic heterocycles. The topological polar surface area (TPSA) is 60.2 Å². The first-order valence-corrected chi connectivity index (χ1v) is 8.85. The van der Waals surface area contributed by atoms with Gasteiger partial charge >= 0.3 is 0 Å². The Morgan fingerprint density at radius 1 is 1.52 bits per heavy atom. The standard InChI is InChI=1S/C16H29N3OS/c1-5-20-16(8-6-7-11(2)10-16)14(19-17)9-15-18-12(3)13(4)21-15/h11,14,19H,5-10,17H2,1-4H3. The Kier molecular flexibility index (Phi) is 5.77. The van der Waals surface area contributed by atoms with Gasteiger partial charge in [0.15, 0.2) is 0 Å². The zero-order valence-corrected chi connectivity index (χ0v) is 14.6. The number of aryl methyl sites for hydroxylation is 2. The van der Waals surface area contributed by atoms with Crippen LogP contribution in [0.1, 0.15) is 55.1 Å². The normalized spacial score (nSPS) is 27.8. The van der Waals surface area contributed by atoms with Crippen LogP contribution in [0.3, 0.4) is 0 Å². The van der Waals surface area contributed by atoms with E-state index in [0.29, 0.717) is 5.92 Å². The smallest absolute Gasteiger partial charge is 0.0948 e. The van der Waals surface area contributed by atoms with Gasteiger partial charge in [-0.3, -0.25) is 11.3 Å². The number of thiazole rings is 1. The number of nitrogens with one attached hydrogen (secondary N) is 1. The van der Waals surface area contributed by atoms with E-state index in [2.05, 4.69) is 38.1 Å². The van der Waals surface area contributed by atoms with Crippen LogP contribution in [0.5, 0.6) is 0 Å². The third-order valence-corrected chi connectivity index (χ3v) is 5.81. The van der Waals surface area contributed by atoms with Gasteiger partial charge in [-0.2, -0.15) is 0 Å². The van der Waals surface area contributed by atoms with Crippen LogP contribution < -0.4 is 11.3 Å². The van der Waals surface area contributed by atoms with Crippen LogP contribution in [0.2, 0.25) is 0 Å². The SMILES string of the molecule is CCOC1(C(Cc2nc(C)c(C)s2)NN)CCCC(C)C1. The molecule has 1 fully saturated rings. The van der Waals surface area contributed by atoms with E-state index in [-0.39, 0.29) is 11.6 Å². The Labute approximate surface area is 132 Å². The highest BCUT2D eigenvalue weighted by Gasteiger charge is 2.42. The zero-order valence-electron chi connectivity index (χ0n) is 13.7. The van der Waals surface area contributed by atoms with Gasteiger partial charge in [-0.25, -0.2) is 4.98 Å². The molecule has 120 valence electrons. The molecule has 3 atom stereocenters. The maximum absolute atomic E-state index is 6.24. The molecule has 1 saturated carbocycles. The van der Waals surface area contributed by atoms with Crippen molar-refractivity contribution in [2.45, 2.75) is 71.4 Å². The van der Waals surface area contributed by atoms with Gasteiger partial charge < -0.3 is 4.74 Å². The third kappa shape index (κ3) is 3.83. The largest absolute Gasteiger partial charge is 0.374 e. The van der Waals surface area contributed by atoms with Crippen LogP contribution >= 0.6 is 11.3 Å². The summed E-state index contributed by atoms with van der Waals surface area (Å²) in [7, 11) is 0. The molecule has 0 aromatic carbocycles. The Hall–Kier alpha value is -0.490. The molecule has 0 spiro atoms. The Bertz CT molecular complexity index is 439. The van der Waals surface area contributed by atoms with Crippen molar-refractivity contribution < 1.29 is 4.74 Å². The number of aromatic nitrogens is 1. The fraction of sp³-hybridized carbons (Fsp3) is 0.812. The van der Waals surface area contributed by atoms with E-state index < -0.39 is 0 Å². The lowest BCUT2D eigenvalue weighted by atomic mass is 9.74. The van der Waals surface area contributed by atoms with Gasteiger partial charge in [0, 0.05) is 17.9 Å². The predicted octanol–water partition coefficient (Wildman–Crippen LogP) is 3.12. The summed E-state index contributed by atoms with van der Waals surface area (Å²) in [6, 6.07) is 0.130. The molecule has 1 aromatic rings. The monoisotopic (exact) mass is 311 g/mol. The van der Waals surface area contributed by atoms with E-state index in [0.717, 1.165) is 36.6 Å². The average molecular weight is 311 g/mol. The predicted molar refractivity (Wildman–Crippen MR) is 88.4 cm³/mol. The van der Waals surface area contributed by atoms with Crippen molar-refractivity contribution in [1.82, 2.24) is 10.4 Å². The molecule has 0 radical (unpaired) electrons. The quantitative estimate of drug-likeness (QED) is 0.626. The number of ether oxygens (including phenoxy) is 1. The number of nitrogens with zero attached hydrogens (tertiary/aromatic N) is 1. The van der Waals surface area contributed by atoms with Crippen LogP contribution in [0.25, 0.3) is 0 Å². The summed E-state index contributed by atoms with van der Waals surface area (Å²) in [5.41, 5.74) is 4.03. The van der Waals surface area contributed by atoms with Gasteiger partial charge in [-0.05, 0) is 39.5 Å². The number of hydrogen-bond acceptors (Lipinski definition) is 5. The van der Waals surface area contributed by atoms with Crippen LogP contribution in [0, 0.1) is 19.8 Å². The van der Waals surface area contributed by atoms with Crippen molar-refractivity contribution in [1.29, 1.82) is 0 Å². The molecule has 5 heteroatoms. The minimum absolute atomic E-state index is 0.130. The van der Waals surface area contributed by atoms with Crippen molar-refractivity contribution in [3.8, 4) is 0 Å². The molecule has 1 aromatic heterocycles. The maximum atomic E-state index is 6.24. The molecule has 3 unspecified atom stereocenters. The summed E-state index contributed by atoms with van der Waals surface area (Å²) in [6.45, 7) is 9.33. The highest BCUT2D eigenvalue weighted by atomic mass is 32.1. The summed E-state index contributed by atoms with van der Waals surface area (Å²) in [5.74, 6) is 6.60. The van der Waals surface area contributed by atoms with Crippen LogP contribution in [0.15, 0.2) is 0 Å². The van der Waals surface area contributed by atoms with E-state index in [4.69, 9.17) is 10.6 Å². The van der Waals surface area contributed by atoms with Gasteiger partial charge in [0.25, 0.3) is 0 Å². The first-order chi connectivity index (χ1) is 10.0. The molecule has 4 nitrogen and oxygen atoms in total. The Morgan fingerprint density at radius 3 is 2.81 bits per heavy atom. The molecule has 21 heavy (non-hydrogen) atoms. The summed E-state index contributed by atoms with van der Waals surface area (Å²) >= 11 is 1.78. The lowest BCUT2D eigenvalue weighted by Gasteiger charge is -2.45. The Morgan fingerprint density at radius 2 is 2.29 bits per heavy atom. The van der Waals surface area contributed by atoms with Crippen molar-refractivity contribution in [2.24, 2.45) is 11.8 Å². The number of hydrazine groups is 1. The molecular weight excluding hydrogens is 282 g/mol. The van der Waals surface area contributed by atoms with Crippen LogP contribution in [-0.4, -0.2) is 23.2 Å². The highest BCUT2D eigenvalue weighted by molar-refractivity contribution is 7.11. The molecule has 3 N–H and O–H groups in total. The minimum Gasteiger partial charge on any atom is -0.374 e. The summed E-state index contributed by atoms with van der Waals surface area (Å²) in [4.78, 5) is 5.97. The first kappa shape index (κ1) is 16.9. The fourth-order valence-electron chi connectivity index (χ4n) is 3.58. The number of hydrogen-bond donors (Lipinski definition) is 2. The van der Waals surface area contributed by atoms with Gasteiger partial charge in [0.05, 0.1) is 22.3 Å². The molecule has 0 bridgehead atoms. The summed E-state index contributed by atoms with van der Waals surface area (Å²) in [6.07, 6.45) is 5.53. The average Bonchev–Trinajstić information content (AvgIpc) is 2.75. The number of nitrogens with two attached hydrogens (primary N) is 1. The molecular formula is C16H29N3OS. The number of rotatable bonds is 6. The molecule has 1 aliphatic carbocycles. The Balaban J connectivity index is 2.18. The van der Waals surface area contributed by atoms with Crippen molar-refractivity contribution in [3.63, 3.8) is 0 Å². The van der Waals surface area contributed by atoms with Gasteiger partial charge in [-0.15, -0.1) is 11.3 Å². The zero-order chi connectivity index (χ0) is 15.5. The maximum Gasteiger partial charge on any atom is 0.0948 e. The molecule has 1 aliphatic rings. The second-order valence-corrected chi connectivity index (χ2v) is 7.66. The highest BCUT2D eigenvalue weighted by Crippen LogP contribution is 2.39. The van der Waals surface area contributed by atoms with Crippen LogP contribution in [0.4, 0.5) is 0 Å². The van der Waals surface area contributed by atoms with E-state index in [1.54, 1.807) is 11.3 Å². The van der Waals surface area contributed by atoms with E-state index in [1.165, 1.54) is 17.7 Å². The van der Waals surface area contributed by atoms with E-state index in [1.807, 2.05) is 0 Å². The lowest BCUT2D eigenvalue weighted by Crippen LogP contribution is -2.57. The molecule has 2 rings (SSSR count). The second-order valence-electron chi connectivity index (χ2n) is 6.37. The molecule has 1 heterocycles. The van der Waals surface area contributed by atoms with Gasteiger partial charge in [0.1, 0.15) is 0 Å². The molecule has 0 saturated heterocycles. The first-order valence-electron chi connectivity index (χ1n) is 8.03. The van der Waals surface area contributed by atoms with E-state index >= 15 is 0 Å². The van der Waals surface area contributed by atoms with Gasteiger partial charge in [-0.1, -0.05) is 19.8 Å². The van der Waals surface area contributed by atoms with Crippen LogP contribution in [-0.2, 0) is 11.2 Å². The van der Waals surface area contributed by atoms with E-state index in [9.17, 15) is 0 Å². The fourth-order valence-corrected chi connectivity index (χ4v) is 4.56.